The Bertz CT molecular complexity index is 659. The maximum absolute atomic E-state index is 12.4. The van der Waals surface area contributed by atoms with Crippen molar-refractivity contribution < 1.29 is 14.6 Å². The van der Waals surface area contributed by atoms with E-state index in [2.05, 4.69) is 4.98 Å². The minimum Gasteiger partial charge on any atom is -0.486 e. The van der Waals surface area contributed by atoms with Crippen molar-refractivity contribution in [1.29, 1.82) is 0 Å². The van der Waals surface area contributed by atoms with Crippen molar-refractivity contribution >= 4 is 17.2 Å². The Labute approximate surface area is 145 Å². The largest absolute Gasteiger partial charge is 0.486 e. The first-order chi connectivity index (χ1) is 11.7. The van der Waals surface area contributed by atoms with Crippen molar-refractivity contribution in [3.63, 3.8) is 0 Å². The Balaban J connectivity index is 1.51. The highest BCUT2D eigenvalue weighted by atomic mass is 32.1. The molecule has 0 bridgehead atoms. The minimum absolute atomic E-state index is 0.0916. The number of nitrogens with zero attached hydrogens (tertiary/aromatic N) is 2. The number of hydrogen-bond donors (Lipinski definition) is 1. The predicted octanol–water partition coefficient (Wildman–Crippen LogP) is 2.50. The summed E-state index contributed by atoms with van der Waals surface area (Å²) in [6, 6.07) is 9.62. The standard InChI is InChI=1S/C18H22N2O3S/c21-11-14-5-4-8-20(10-14)18(22)9-15-13-24-17(19-15)12-23-16-6-2-1-3-7-16/h1-3,6-7,13-14,21H,4-5,8-12H2. The average Bonchev–Trinajstić information content (AvgIpc) is 3.08. The smallest absolute Gasteiger partial charge is 0.228 e. The fraction of sp³-hybridized carbons (Fsp3) is 0.444. The van der Waals surface area contributed by atoms with Gasteiger partial charge in [-0.15, -0.1) is 11.3 Å². The average molecular weight is 346 g/mol. The van der Waals surface area contributed by atoms with E-state index in [1.807, 2.05) is 40.6 Å². The number of hydrogen-bond acceptors (Lipinski definition) is 5. The minimum atomic E-state index is 0.0916. The number of aromatic nitrogens is 1. The van der Waals surface area contributed by atoms with Crippen LogP contribution in [0.15, 0.2) is 35.7 Å². The van der Waals surface area contributed by atoms with E-state index in [0.29, 0.717) is 19.6 Å². The number of aliphatic hydroxyl groups excluding tert-OH is 1. The fourth-order valence-electron chi connectivity index (χ4n) is 2.87. The van der Waals surface area contributed by atoms with E-state index in [0.717, 1.165) is 35.8 Å². The van der Waals surface area contributed by atoms with Crippen LogP contribution in [0.5, 0.6) is 5.75 Å². The van der Waals surface area contributed by atoms with Crippen LogP contribution < -0.4 is 4.74 Å². The van der Waals surface area contributed by atoms with Crippen molar-refractivity contribution in [3.8, 4) is 5.75 Å². The van der Waals surface area contributed by atoms with E-state index in [9.17, 15) is 9.90 Å². The lowest BCUT2D eigenvalue weighted by Crippen LogP contribution is -2.41. The van der Waals surface area contributed by atoms with Gasteiger partial charge < -0.3 is 14.7 Å². The first-order valence-electron chi connectivity index (χ1n) is 8.24. The van der Waals surface area contributed by atoms with Crippen LogP contribution in [0.4, 0.5) is 0 Å². The van der Waals surface area contributed by atoms with Gasteiger partial charge in [0.1, 0.15) is 17.4 Å². The molecule has 6 heteroatoms. The molecule has 1 amide bonds. The summed E-state index contributed by atoms with van der Waals surface area (Å²) in [7, 11) is 0. The molecule has 1 aliphatic rings. The molecule has 2 heterocycles. The number of piperidine rings is 1. The van der Waals surface area contributed by atoms with Crippen LogP contribution in [-0.4, -0.2) is 40.6 Å². The van der Waals surface area contributed by atoms with Gasteiger partial charge in [-0.05, 0) is 30.9 Å². The molecule has 2 aromatic rings. The zero-order chi connectivity index (χ0) is 16.8. The summed E-state index contributed by atoms with van der Waals surface area (Å²) >= 11 is 1.52. The van der Waals surface area contributed by atoms with Crippen molar-refractivity contribution in [1.82, 2.24) is 9.88 Å². The molecule has 0 spiro atoms. The molecule has 1 aromatic carbocycles. The van der Waals surface area contributed by atoms with Gasteiger partial charge in [0.2, 0.25) is 5.91 Å². The number of thiazole rings is 1. The Morgan fingerprint density at radius 3 is 3.00 bits per heavy atom. The zero-order valence-electron chi connectivity index (χ0n) is 13.6. The SMILES string of the molecule is O=C(Cc1csc(COc2ccccc2)n1)N1CCCC(CO)C1. The maximum Gasteiger partial charge on any atom is 0.228 e. The van der Waals surface area contributed by atoms with Crippen LogP contribution in [0.25, 0.3) is 0 Å². The van der Waals surface area contributed by atoms with E-state index in [4.69, 9.17) is 4.74 Å². The van der Waals surface area contributed by atoms with Gasteiger partial charge in [0.15, 0.2) is 0 Å². The first kappa shape index (κ1) is 16.9. The molecule has 5 nitrogen and oxygen atoms in total. The molecule has 1 atom stereocenters. The molecule has 0 aliphatic carbocycles. The van der Waals surface area contributed by atoms with Gasteiger partial charge in [-0.25, -0.2) is 4.98 Å². The van der Waals surface area contributed by atoms with Crippen molar-refractivity contribution in [2.24, 2.45) is 5.92 Å². The predicted molar refractivity (Wildman–Crippen MR) is 93.0 cm³/mol. The molecule has 3 rings (SSSR count). The summed E-state index contributed by atoms with van der Waals surface area (Å²) in [6.07, 6.45) is 2.28. The third kappa shape index (κ3) is 4.55. The molecule has 1 fully saturated rings. The summed E-state index contributed by atoms with van der Waals surface area (Å²) in [4.78, 5) is 18.7. The van der Waals surface area contributed by atoms with Gasteiger partial charge in [0.25, 0.3) is 0 Å². The summed E-state index contributed by atoms with van der Waals surface area (Å²) in [5, 5.41) is 12.1. The highest BCUT2D eigenvalue weighted by Crippen LogP contribution is 2.18. The second-order valence-corrected chi connectivity index (χ2v) is 6.98. The Morgan fingerprint density at radius 2 is 2.21 bits per heavy atom. The third-order valence-corrected chi connectivity index (χ3v) is 5.04. The molecule has 24 heavy (non-hydrogen) atoms. The Kier molecular flexibility index (Phi) is 5.82. The van der Waals surface area contributed by atoms with Crippen LogP contribution in [0, 0.1) is 5.92 Å². The number of likely N-dealkylation sites (tertiary alicyclic amines) is 1. The molecule has 0 saturated carbocycles. The lowest BCUT2D eigenvalue weighted by molar-refractivity contribution is -0.132. The van der Waals surface area contributed by atoms with E-state index in [1.54, 1.807) is 0 Å². The van der Waals surface area contributed by atoms with Crippen LogP contribution >= 0.6 is 11.3 Å². The zero-order valence-corrected chi connectivity index (χ0v) is 14.4. The van der Waals surface area contributed by atoms with Crippen molar-refractivity contribution in [2.45, 2.75) is 25.9 Å². The summed E-state index contributed by atoms with van der Waals surface area (Å²) in [5.41, 5.74) is 0.794. The van der Waals surface area contributed by atoms with Gasteiger partial charge >= 0.3 is 0 Å². The van der Waals surface area contributed by atoms with Crippen molar-refractivity contribution in [3.05, 3.63) is 46.4 Å². The van der Waals surface area contributed by atoms with E-state index >= 15 is 0 Å². The Hall–Kier alpha value is -1.92. The van der Waals surface area contributed by atoms with Crippen LogP contribution in [-0.2, 0) is 17.8 Å². The van der Waals surface area contributed by atoms with Crippen LogP contribution in [0.3, 0.4) is 0 Å². The second-order valence-electron chi connectivity index (χ2n) is 6.04. The summed E-state index contributed by atoms with van der Waals surface area (Å²) < 4.78 is 5.68. The van der Waals surface area contributed by atoms with E-state index < -0.39 is 0 Å². The quantitative estimate of drug-likeness (QED) is 0.873. The number of carbonyl (C=O) groups is 1. The number of aliphatic hydroxyl groups is 1. The lowest BCUT2D eigenvalue weighted by atomic mass is 9.99. The van der Waals surface area contributed by atoms with Gasteiger partial charge in [-0.3, -0.25) is 4.79 Å². The number of amides is 1. The highest BCUT2D eigenvalue weighted by molar-refractivity contribution is 7.09. The first-order valence-corrected chi connectivity index (χ1v) is 9.12. The normalized spacial score (nSPS) is 17.7. The maximum atomic E-state index is 12.4. The molecule has 1 aliphatic heterocycles. The van der Waals surface area contributed by atoms with Gasteiger partial charge in [0, 0.05) is 25.1 Å². The molecule has 128 valence electrons. The van der Waals surface area contributed by atoms with Crippen LogP contribution in [0.1, 0.15) is 23.5 Å². The van der Waals surface area contributed by atoms with Gasteiger partial charge in [-0.2, -0.15) is 0 Å². The monoisotopic (exact) mass is 346 g/mol. The van der Waals surface area contributed by atoms with Crippen molar-refractivity contribution in [2.75, 3.05) is 19.7 Å². The fourth-order valence-corrected chi connectivity index (χ4v) is 3.57. The molecule has 0 radical (unpaired) electrons. The van der Waals surface area contributed by atoms with Crippen LogP contribution in [0.2, 0.25) is 0 Å². The van der Waals surface area contributed by atoms with Gasteiger partial charge in [-0.1, -0.05) is 18.2 Å². The lowest BCUT2D eigenvalue weighted by Gasteiger charge is -2.31. The van der Waals surface area contributed by atoms with Gasteiger partial charge in [0.05, 0.1) is 12.1 Å². The number of benzene rings is 1. The Morgan fingerprint density at radius 1 is 1.38 bits per heavy atom. The molecular weight excluding hydrogens is 324 g/mol. The number of ether oxygens (including phenoxy) is 1. The highest BCUT2D eigenvalue weighted by Gasteiger charge is 2.23. The second kappa shape index (κ2) is 8.26. The summed E-state index contributed by atoms with van der Waals surface area (Å²) in [6.45, 7) is 2.01. The molecule has 1 aromatic heterocycles. The molecular formula is C18H22N2O3S. The number of carbonyl (C=O) groups excluding carboxylic acids is 1. The van der Waals surface area contributed by atoms with E-state index in [1.165, 1.54) is 11.3 Å². The summed E-state index contributed by atoms with van der Waals surface area (Å²) in [5.74, 6) is 1.12. The molecule has 1 saturated heterocycles. The topological polar surface area (TPSA) is 62.7 Å². The number of rotatable bonds is 6. The third-order valence-electron chi connectivity index (χ3n) is 4.17. The van der Waals surface area contributed by atoms with E-state index in [-0.39, 0.29) is 18.4 Å². The number of para-hydroxylation sites is 1. The molecule has 1 N–H and O–H groups in total. The molecule has 1 unspecified atom stereocenters.